The average molecular weight is 235 g/mol. The van der Waals surface area contributed by atoms with Crippen LogP contribution in [0.1, 0.15) is 21.7 Å². The Morgan fingerprint density at radius 3 is 2.56 bits per heavy atom. The van der Waals surface area contributed by atoms with Crippen molar-refractivity contribution in [3.63, 3.8) is 0 Å². The standard InChI is InChI=1S/C9H8F3NO3/c1-16-8(15)6-2-5(4-14)3-7(13-6)9(10,11)12/h2-3,14H,4H2,1H3. The van der Waals surface area contributed by atoms with Crippen LogP contribution in [0, 0.1) is 0 Å². The SMILES string of the molecule is COC(=O)c1cc(CO)cc(C(F)(F)F)n1. The molecule has 0 saturated carbocycles. The molecule has 0 radical (unpaired) electrons. The van der Waals surface area contributed by atoms with E-state index in [4.69, 9.17) is 5.11 Å². The van der Waals surface area contributed by atoms with Crippen LogP contribution in [-0.4, -0.2) is 23.2 Å². The maximum Gasteiger partial charge on any atom is 0.433 e. The average Bonchev–Trinajstić information content (AvgIpc) is 2.26. The van der Waals surface area contributed by atoms with Gasteiger partial charge in [0.1, 0.15) is 11.4 Å². The number of halogens is 3. The van der Waals surface area contributed by atoms with Gasteiger partial charge in [-0.25, -0.2) is 9.78 Å². The monoisotopic (exact) mass is 235 g/mol. The summed E-state index contributed by atoms with van der Waals surface area (Å²) in [5.74, 6) is -0.985. The molecule has 0 saturated heterocycles. The van der Waals surface area contributed by atoms with Crippen LogP contribution in [0.5, 0.6) is 0 Å². The Morgan fingerprint density at radius 2 is 2.12 bits per heavy atom. The summed E-state index contributed by atoms with van der Waals surface area (Å²) in [6, 6.07) is 1.72. The number of nitrogens with zero attached hydrogens (tertiary/aromatic N) is 1. The van der Waals surface area contributed by atoms with Gasteiger partial charge in [-0.1, -0.05) is 0 Å². The molecular formula is C9H8F3NO3. The van der Waals surface area contributed by atoms with E-state index in [0.717, 1.165) is 13.2 Å². The lowest BCUT2D eigenvalue weighted by Gasteiger charge is -2.09. The topological polar surface area (TPSA) is 59.4 Å². The highest BCUT2D eigenvalue weighted by molar-refractivity contribution is 5.87. The van der Waals surface area contributed by atoms with Crippen molar-refractivity contribution < 1.29 is 27.8 Å². The van der Waals surface area contributed by atoms with Crippen LogP contribution in [0.15, 0.2) is 12.1 Å². The molecule has 0 aliphatic rings. The first-order valence-electron chi connectivity index (χ1n) is 4.16. The minimum atomic E-state index is -4.67. The summed E-state index contributed by atoms with van der Waals surface area (Å²) in [6.45, 7) is -0.615. The summed E-state index contributed by atoms with van der Waals surface area (Å²) in [4.78, 5) is 14.1. The molecule has 0 aliphatic carbocycles. The van der Waals surface area contributed by atoms with Crippen molar-refractivity contribution in [3.05, 3.63) is 29.1 Å². The van der Waals surface area contributed by atoms with E-state index in [2.05, 4.69) is 9.72 Å². The van der Waals surface area contributed by atoms with E-state index in [9.17, 15) is 18.0 Å². The highest BCUT2D eigenvalue weighted by atomic mass is 19.4. The Labute approximate surface area is 88.7 Å². The van der Waals surface area contributed by atoms with Crippen molar-refractivity contribution in [2.75, 3.05) is 7.11 Å². The molecule has 0 atom stereocenters. The van der Waals surface area contributed by atoms with Gasteiger partial charge < -0.3 is 9.84 Å². The van der Waals surface area contributed by atoms with Gasteiger partial charge in [-0.15, -0.1) is 0 Å². The molecule has 0 spiro atoms. The first kappa shape index (κ1) is 12.4. The Morgan fingerprint density at radius 1 is 1.50 bits per heavy atom. The summed E-state index contributed by atoms with van der Waals surface area (Å²) in [5, 5.41) is 8.76. The van der Waals surface area contributed by atoms with Crippen molar-refractivity contribution in [1.82, 2.24) is 4.98 Å². The lowest BCUT2D eigenvalue weighted by Crippen LogP contribution is -2.14. The van der Waals surface area contributed by atoms with Gasteiger partial charge in [0, 0.05) is 0 Å². The third-order valence-electron chi connectivity index (χ3n) is 1.75. The van der Waals surface area contributed by atoms with Gasteiger partial charge in [0.05, 0.1) is 13.7 Å². The molecule has 16 heavy (non-hydrogen) atoms. The molecule has 0 unspecified atom stereocenters. The number of ether oxygens (including phenoxy) is 1. The number of pyridine rings is 1. The molecule has 0 aromatic carbocycles. The van der Waals surface area contributed by atoms with Crippen LogP contribution >= 0.6 is 0 Å². The zero-order valence-electron chi connectivity index (χ0n) is 8.21. The van der Waals surface area contributed by atoms with Crippen molar-refractivity contribution in [2.24, 2.45) is 0 Å². The number of esters is 1. The van der Waals surface area contributed by atoms with Gasteiger partial charge in [-0.3, -0.25) is 0 Å². The summed E-state index contributed by atoms with van der Waals surface area (Å²) in [5.41, 5.74) is -1.77. The van der Waals surface area contributed by atoms with E-state index in [1.165, 1.54) is 0 Å². The second kappa shape index (κ2) is 4.48. The summed E-state index contributed by atoms with van der Waals surface area (Å²) >= 11 is 0. The zero-order valence-corrected chi connectivity index (χ0v) is 8.21. The van der Waals surface area contributed by atoms with E-state index in [1.807, 2.05) is 0 Å². The van der Waals surface area contributed by atoms with Gasteiger partial charge >= 0.3 is 12.1 Å². The molecule has 0 aliphatic heterocycles. The van der Waals surface area contributed by atoms with Gasteiger partial charge in [0.25, 0.3) is 0 Å². The summed E-state index contributed by atoms with van der Waals surface area (Å²) in [7, 11) is 1.03. The highest BCUT2D eigenvalue weighted by Crippen LogP contribution is 2.28. The molecule has 4 nitrogen and oxygen atoms in total. The number of carbonyl (C=O) groups excluding carboxylic acids is 1. The smallest absolute Gasteiger partial charge is 0.433 e. The Bertz CT molecular complexity index is 403. The number of aromatic nitrogens is 1. The number of aliphatic hydroxyl groups excluding tert-OH is 1. The minimum absolute atomic E-state index is 0.0530. The number of rotatable bonds is 2. The molecule has 0 fully saturated rings. The second-order valence-electron chi connectivity index (χ2n) is 2.89. The summed E-state index contributed by atoms with van der Waals surface area (Å²) < 4.78 is 41.3. The molecule has 1 aromatic heterocycles. The van der Waals surface area contributed by atoms with Gasteiger partial charge in [0.15, 0.2) is 0 Å². The number of methoxy groups -OCH3 is 1. The van der Waals surface area contributed by atoms with Crippen LogP contribution in [-0.2, 0) is 17.5 Å². The van der Waals surface area contributed by atoms with E-state index >= 15 is 0 Å². The van der Waals surface area contributed by atoms with E-state index in [1.54, 1.807) is 0 Å². The molecular weight excluding hydrogens is 227 g/mol. The number of carbonyl (C=O) groups is 1. The normalized spacial score (nSPS) is 11.3. The predicted octanol–water partition coefficient (Wildman–Crippen LogP) is 1.38. The lowest BCUT2D eigenvalue weighted by atomic mass is 10.2. The van der Waals surface area contributed by atoms with Crippen molar-refractivity contribution in [2.45, 2.75) is 12.8 Å². The fourth-order valence-electron chi connectivity index (χ4n) is 1.03. The first-order chi connectivity index (χ1) is 7.38. The van der Waals surface area contributed by atoms with Gasteiger partial charge in [-0.2, -0.15) is 13.2 Å². The number of aliphatic hydroxyl groups is 1. The maximum atomic E-state index is 12.4. The molecule has 0 bridgehead atoms. The van der Waals surface area contributed by atoms with Gasteiger partial charge in [-0.05, 0) is 17.7 Å². The van der Waals surface area contributed by atoms with E-state index in [0.29, 0.717) is 6.07 Å². The fraction of sp³-hybridized carbons (Fsp3) is 0.333. The molecule has 0 amide bonds. The van der Waals surface area contributed by atoms with Gasteiger partial charge in [0.2, 0.25) is 0 Å². The van der Waals surface area contributed by atoms with Crippen molar-refractivity contribution in [1.29, 1.82) is 0 Å². The predicted molar refractivity (Wildman–Crippen MR) is 46.5 cm³/mol. The molecule has 1 aromatic rings. The third kappa shape index (κ3) is 2.69. The van der Waals surface area contributed by atoms with Crippen LogP contribution in [0.3, 0.4) is 0 Å². The first-order valence-corrected chi connectivity index (χ1v) is 4.16. The number of hydrogen-bond acceptors (Lipinski definition) is 4. The van der Waals surface area contributed by atoms with E-state index < -0.39 is 30.1 Å². The molecule has 7 heteroatoms. The third-order valence-corrected chi connectivity index (χ3v) is 1.75. The van der Waals surface area contributed by atoms with E-state index in [-0.39, 0.29) is 5.56 Å². The van der Waals surface area contributed by atoms with Crippen LogP contribution < -0.4 is 0 Å². The highest BCUT2D eigenvalue weighted by Gasteiger charge is 2.33. The maximum absolute atomic E-state index is 12.4. The minimum Gasteiger partial charge on any atom is -0.464 e. The summed E-state index contributed by atoms with van der Waals surface area (Å²) in [6.07, 6.45) is -4.67. The number of hydrogen-bond donors (Lipinski definition) is 1. The Kier molecular flexibility index (Phi) is 3.48. The molecule has 1 heterocycles. The molecule has 1 rings (SSSR count). The van der Waals surface area contributed by atoms with Crippen LogP contribution in [0.2, 0.25) is 0 Å². The Balaban J connectivity index is 3.27. The zero-order chi connectivity index (χ0) is 12.3. The number of alkyl halides is 3. The van der Waals surface area contributed by atoms with Crippen molar-refractivity contribution >= 4 is 5.97 Å². The lowest BCUT2D eigenvalue weighted by molar-refractivity contribution is -0.141. The van der Waals surface area contributed by atoms with Crippen LogP contribution in [0.25, 0.3) is 0 Å². The van der Waals surface area contributed by atoms with Crippen molar-refractivity contribution in [3.8, 4) is 0 Å². The molecule has 1 N–H and O–H groups in total. The fourth-order valence-corrected chi connectivity index (χ4v) is 1.03. The largest absolute Gasteiger partial charge is 0.464 e. The molecule has 88 valence electrons. The van der Waals surface area contributed by atoms with Crippen LogP contribution in [0.4, 0.5) is 13.2 Å². The quantitative estimate of drug-likeness (QED) is 0.786. The Hall–Kier alpha value is -1.63. The second-order valence-corrected chi connectivity index (χ2v) is 2.89.